The first kappa shape index (κ1) is 22.7. The van der Waals surface area contributed by atoms with E-state index in [0.717, 1.165) is 58.3 Å². The Morgan fingerprint density at radius 2 is 1.92 bits per heavy atom. The quantitative estimate of drug-likeness (QED) is 0.247. The van der Waals surface area contributed by atoms with E-state index >= 15 is 0 Å². The lowest BCUT2D eigenvalue weighted by Crippen LogP contribution is -2.39. The first-order chi connectivity index (χ1) is 11.8. The van der Waals surface area contributed by atoms with Crippen molar-refractivity contribution in [2.24, 2.45) is 4.99 Å². The van der Waals surface area contributed by atoms with E-state index in [4.69, 9.17) is 9.73 Å². The summed E-state index contributed by atoms with van der Waals surface area (Å²) >= 11 is 1.86. The fraction of sp³-hybridized carbons (Fsp3) is 0.722. The van der Waals surface area contributed by atoms with Crippen LogP contribution in [0.5, 0.6) is 0 Å². The van der Waals surface area contributed by atoms with Gasteiger partial charge in [-0.1, -0.05) is 6.92 Å². The van der Waals surface area contributed by atoms with E-state index in [-0.39, 0.29) is 24.0 Å². The molecule has 0 aromatic carbocycles. The monoisotopic (exact) mass is 480 g/mol. The van der Waals surface area contributed by atoms with Gasteiger partial charge >= 0.3 is 0 Å². The van der Waals surface area contributed by atoms with Crippen molar-refractivity contribution in [2.45, 2.75) is 39.7 Å². The Kier molecular flexibility index (Phi) is 12.5. The predicted molar refractivity (Wildman–Crippen MR) is 118 cm³/mol. The average molecular weight is 480 g/mol. The minimum absolute atomic E-state index is 0. The summed E-state index contributed by atoms with van der Waals surface area (Å²) in [5.74, 6) is 0.926. The molecule has 2 N–H and O–H groups in total. The second-order valence-corrected chi connectivity index (χ2v) is 7.26. The SMILES string of the molecule is CCNC(=NCc1ccc(CC)s1)NCCCCN1CCOCC1.I. The molecule has 1 aliphatic heterocycles. The lowest BCUT2D eigenvalue weighted by molar-refractivity contribution is 0.0372. The van der Waals surface area contributed by atoms with Gasteiger partial charge in [-0.25, -0.2) is 4.99 Å². The van der Waals surface area contributed by atoms with E-state index in [0.29, 0.717) is 0 Å². The summed E-state index contributed by atoms with van der Waals surface area (Å²) in [4.78, 5) is 9.95. The number of rotatable bonds is 9. The highest BCUT2D eigenvalue weighted by Gasteiger charge is 2.09. The highest BCUT2D eigenvalue weighted by atomic mass is 127. The Hall–Kier alpha value is -0.380. The molecule has 1 fully saturated rings. The minimum Gasteiger partial charge on any atom is -0.379 e. The number of ether oxygens (including phenoxy) is 1. The van der Waals surface area contributed by atoms with Crippen molar-refractivity contribution in [3.05, 3.63) is 21.9 Å². The normalized spacial score (nSPS) is 15.7. The third kappa shape index (κ3) is 9.21. The number of nitrogens with one attached hydrogen (secondary N) is 2. The molecule has 1 saturated heterocycles. The summed E-state index contributed by atoms with van der Waals surface area (Å²) in [6.45, 7) is 12.0. The van der Waals surface area contributed by atoms with Crippen LogP contribution in [0.1, 0.15) is 36.4 Å². The third-order valence-corrected chi connectivity index (χ3v) is 5.31. The van der Waals surface area contributed by atoms with Gasteiger partial charge in [0, 0.05) is 35.9 Å². The van der Waals surface area contributed by atoms with E-state index in [1.54, 1.807) is 0 Å². The number of hydrogen-bond donors (Lipinski definition) is 2. The van der Waals surface area contributed by atoms with Gasteiger partial charge in [-0.05, 0) is 44.9 Å². The first-order valence-electron chi connectivity index (χ1n) is 9.21. The van der Waals surface area contributed by atoms with E-state index in [2.05, 4.69) is 41.5 Å². The second kappa shape index (κ2) is 13.8. The molecular weight excluding hydrogens is 447 g/mol. The molecule has 0 spiro atoms. The van der Waals surface area contributed by atoms with Crippen LogP contribution in [0.4, 0.5) is 0 Å². The highest BCUT2D eigenvalue weighted by Crippen LogP contribution is 2.17. The Bertz CT molecular complexity index is 489. The van der Waals surface area contributed by atoms with Crippen molar-refractivity contribution >= 4 is 41.3 Å². The maximum Gasteiger partial charge on any atom is 0.191 e. The van der Waals surface area contributed by atoms with Crippen molar-refractivity contribution < 1.29 is 4.74 Å². The molecule has 0 amide bonds. The molecule has 25 heavy (non-hydrogen) atoms. The van der Waals surface area contributed by atoms with Gasteiger partial charge in [0.2, 0.25) is 0 Å². The van der Waals surface area contributed by atoms with Gasteiger partial charge in [0.25, 0.3) is 0 Å². The molecule has 2 heterocycles. The van der Waals surface area contributed by atoms with Gasteiger partial charge in [-0.15, -0.1) is 35.3 Å². The van der Waals surface area contributed by atoms with E-state index < -0.39 is 0 Å². The molecule has 7 heteroatoms. The van der Waals surface area contributed by atoms with E-state index in [1.807, 2.05) is 11.3 Å². The van der Waals surface area contributed by atoms with Gasteiger partial charge < -0.3 is 15.4 Å². The highest BCUT2D eigenvalue weighted by molar-refractivity contribution is 14.0. The topological polar surface area (TPSA) is 48.9 Å². The molecular formula is C18H33IN4OS. The molecule has 0 unspecified atom stereocenters. The molecule has 1 aromatic rings. The number of halogens is 1. The fourth-order valence-electron chi connectivity index (χ4n) is 2.69. The maximum atomic E-state index is 5.38. The Balaban J connectivity index is 0.00000312. The van der Waals surface area contributed by atoms with Gasteiger partial charge in [-0.2, -0.15) is 0 Å². The smallest absolute Gasteiger partial charge is 0.191 e. The molecule has 0 radical (unpaired) electrons. The molecule has 0 bridgehead atoms. The summed E-state index contributed by atoms with van der Waals surface area (Å²) < 4.78 is 5.38. The molecule has 0 aliphatic carbocycles. The van der Waals surface area contributed by atoms with Crippen molar-refractivity contribution in [3.8, 4) is 0 Å². The van der Waals surface area contributed by atoms with Crippen LogP contribution in [0.15, 0.2) is 17.1 Å². The predicted octanol–water partition coefficient (Wildman–Crippen LogP) is 3.10. The lowest BCUT2D eigenvalue weighted by Gasteiger charge is -2.26. The van der Waals surface area contributed by atoms with Crippen molar-refractivity contribution in [3.63, 3.8) is 0 Å². The zero-order valence-electron chi connectivity index (χ0n) is 15.6. The number of morpholine rings is 1. The number of nitrogens with zero attached hydrogens (tertiary/aromatic N) is 2. The average Bonchev–Trinajstić information content (AvgIpc) is 3.08. The largest absolute Gasteiger partial charge is 0.379 e. The van der Waals surface area contributed by atoms with Crippen LogP contribution in [0.2, 0.25) is 0 Å². The summed E-state index contributed by atoms with van der Waals surface area (Å²) in [6.07, 6.45) is 3.49. The van der Waals surface area contributed by atoms with Gasteiger partial charge in [0.05, 0.1) is 19.8 Å². The third-order valence-electron chi connectivity index (χ3n) is 4.10. The number of guanidine groups is 1. The number of unbranched alkanes of at least 4 members (excludes halogenated alkanes) is 1. The zero-order valence-corrected chi connectivity index (χ0v) is 18.7. The summed E-state index contributed by atoms with van der Waals surface area (Å²) in [7, 11) is 0. The standard InChI is InChI=1S/C18H32N4OS.HI/c1-3-16-7-8-17(24-16)15-21-18(19-4-2)20-9-5-6-10-22-11-13-23-14-12-22;/h7-8H,3-6,9-15H2,1-2H3,(H2,19,20,21);1H. The van der Waals surface area contributed by atoms with Crippen molar-refractivity contribution in [2.75, 3.05) is 45.9 Å². The van der Waals surface area contributed by atoms with Crippen molar-refractivity contribution in [1.82, 2.24) is 15.5 Å². The molecule has 1 aliphatic rings. The summed E-state index contributed by atoms with van der Waals surface area (Å²) in [5, 5.41) is 6.78. The Morgan fingerprint density at radius 1 is 1.16 bits per heavy atom. The zero-order chi connectivity index (χ0) is 17.0. The van der Waals surface area contributed by atoms with Crippen LogP contribution in [0, 0.1) is 0 Å². The van der Waals surface area contributed by atoms with E-state index in [9.17, 15) is 0 Å². The lowest BCUT2D eigenvalue weighted by atomic mass is 10.3. The van der Waals surface area contributed by atoms with Crippen molar-refractivity contribution in [1.29, 1.82) is 0 Å². The number of thiophene rings is 1. The van der Waals surface area contributed by atoms with Gasteiger partial charge in [0.15, 0.2) is 5.96 Å². The molecule has 0 atom stereocenters. The minimum atomic E-state index is 0. The summed E-state index contributed by atoms with van der Waals surface area (Å²) in [6, 6.07) is 4.40. The molecule has 2 rings (SSSR count). The van der Waals surface area contributed by atoms with Crippen LogP contribution >= 0.6 is 35.3 Å². The molecule has 1 aromatic heterocycles. The first-order valence-corrected chi connectivity index (χ1v) is 10.0. The molecule has 5 nitrogen and oxygen atoms in total. The van der Waals surface area contributed by atoms with Crippen LogP contribution in [-0.2, 0) is 17.7 Å². The van der Waals surface area contributed by atoms with Crippen LogP contribution in [0.25, 0.3) is 0 Å². The molecule has 144 valence electrons. The fourth-order valence-corrected chi connectivity index (χ4v) is 3.57. The summed E-state index contributed by atoms with van der Waals surface area (Å²) in [5.41, 5.74) is 0. The Labute approximate surface area is 173 Å². The van der Waals surface area contributed by atoms with Crippen LogP contribution < -0.4 is 10.6 Å². The van der Waals surface area contributed by atoms with Crippen LogP contribution in [-0.4, -0.2) is 56.8 Å². The van der Waals surface area contributed by atoms with E-state index in [1.165, 1.54) is 29.1 Å². The number of aliphatic imine (C=N–C) groups is 1. The number of aryl methyl sites for hydroxylation is 1. The van der Waals surface area contributed by atoms with Crippen LogP contribution in [0.3, 0.4) is 0 Å². The number of hydrogen-bond acceptors (Lipinski definition) is 4. The second-order valence-electron chi connectivity index (χ2n) is 6.00. The van der Waals surface area contributed by atoms with Gasteiger partial charge in [-0.3, -0.25) is 4.90 Å². The Morgan fingerprint density at radius 3 is 2.60 bits per heavy atom. The molecule has 0 saturated carbocycles. The van der Waals surface area contributed by atoms with Gasteiger partial charge in [0.1, 0.15) is 0 Å². The maximum absolute atomic E-state index is 5.38.